The zero-order valence-electron chi connectivity index (χ0n) is 10.4. The van der Waals surface area contributed by atoms with Crippen LogP contribution in [0, 0.1) is 5.92 Å². The van der Waals surface area contributed by atoms with E-state index in [1.807, 2.05) is 0 Å². The SMILES string of the molecule is CC/C=C\C=C/CCC1C=CC=CC(C)=C1. The summed E-state index contributed by atoms with van der Waals surface area (Å²) in [6.45, 7) is 4.32. The van der Waals surface area contributed by atoms with E-state index in [4.69, 9.17) is 0 Å². The van der Waals surface area contributed by atoms with Crippen LogP contribution in [0.4, 0.5) is 0 Å². The molecule has 0 nitrogen and oxygen atoms in total. The highest BCUT2D eigenvalue weighted by molar-refractivity contribution is 5.26. The van der Waals surface area contributed by atoms with Crippen LogP contribution in [0.2, 0.25) is 0 Å². The van der Waals surface area contributed by atoms with Gasteiger partial charge < -0.3 is 0 Å². The van der Waals surface area contributed by atoms with Crippen molar-refractivity contribution in [2.24, 2.45) is 5.92 Å². The number of hydrogen-bond donors (Lipinski definition) is 0. The summed E-state index contributed by atoms with van der Waals surface area (Å²) in [6.07, 6.45) is 23.2. The Morgan fingerprint density at radius 2 is 2.00 bits per heavy atom. The highest BCUT2D eigenvalue weighted by Gasteiger charge is 2.01. The van der Waals surface area contributed by atoms with Crippen molar-refractivity contribution in [1.29, 1.82) is 0 Å². The molecule has 16 heavy (non-hydrogen) atoms. The molecule has 0 aromatic rings. The van der Waals surface area contributed by atoms with Crippen molar-refractivity contribution in [3.63, 3.8) is 0 Å². The second kappa shape index (κ2) is 7.92. The van der Waals surface area contributed by atoms with Crippen molar-refractivity contribution in [1.82, 2.24) is 0 Å². The molecule has 0 aromatic carbocycles. The summed E-state index contributed by atoms with van der Waals surface area (Å²) in [5.41, 5.74) is 1.37. The van der Waals surface area contributed by atoms with Gasteiger partial charge in [0.05, 0.1) is 0 Å². The average Bonchev–Trinajstić information content (AvgIpc) is 2.48. The van der Waals surface area contributed by atoms with Crippen molar-refractivity contribution >= 4 is 0 Å². The molecule has 1 atom stereocenters. The van der Waals surface area contributed by atoms with E-state index < -0.39 is 0 Å². The summed E-state index contributed by atoms with van der Waals surface area (Å²) in [5.74, 6) is 0.592. The molecule has 0 fully saturated rings. The van der Waals surface area contributed by atoms with E-state index in [2.05, 4.69) is 68.5 Å². The topological polar surface area (TPSA) is 0 Å². The first-order valence-electron chi connectivity index (χ1n) is 6.18. The van der Waals surface area contributed by atoms with Crippen LogP contribution < -0.4 is 0 Å². The molecule has 0 saturated carbocycles. The number of allylic oxidation sites excluding steroid dienone is 10. The van der Waals surface area contributed by atoms with Crippen LogP contribution in [0.25, 0.3) is 0 Å². The van der Waals surface area contributed by atoms with Gasteiger partial charge in [-0.05, 0) is 32.1 Å². The lowest BCUT2D eigenvalue weighted by Crippen LogP contribution is -1.91. The zero-order chi connectivity index (χ0) is 11.6. The fourth-order valence-electron chi connectivity index (χ4n) is 1.72. The van der Waals surface area contributed by atoms with Gasteiger partial charge in [-0.3, -0.25) is 0 Å². The molecule has 0 heteroatoms. The molecule has 0 bridgehead atoms. The molecule has 0 aromatic heterocycles. The van der Waals surface area contributed by atoms with Gasteiger partial charge in [0.25, 0.3) is 0 Å². The van der Waals surface area contributed by atoms with Gasteiger partial charge in [0, 0.05) is 0 Å². The largest absolute Gasteiger partial charge is 0.0848 e. The van der Waals surface area contributed by atoms with Crippen LogP contribution in [-0.2, 0) is 0 Å². The van der Waals surface area contributed by atoms with E-state index in [9.17, 15) is 0 Å². The average molecular weight is 214 g/mol. The second-order valence-corrected chi connectivity index (χ2v) is 4.16. The van der Waals surface area contributed by atoms with Gasteiger partial charge in [0.1, 0.15) is 0 Å². The fourth-order valence-corrected chi connectivity index (χ4v) is 1.72. The highest BCUT2D eigenvalue weighted by Crippen LogP contribution is 2.16. The summed E-state index contributed by atoms with van der Waals surface area (Å²) in [4.78, 5) is 0. The van der Waals surface area contributed by atoms with Crippen molar-refractivity contribution in [3.05, 3.63) is 60.3 Å². The van der Waals surface area contributed by atoms with Crippen LogP contribution in [-0.4, -0.2) is 0 Å². The van der Waals surface area contributed by atoms with Crippen molar-refractivity contribution < 1.29 is 0 Å². The van der Waals surface area contributed by atoms with Crippen LogP contribution in [0.3, 0.4) is 0 Å². The maximum absolute atomic E-state index is 2.34. The Balaban J connectivity index is 2.30. The van der Waals surface area contributed by atoms with Gasteiger partial charge in [-0.2, -0.15) is 0 Å². The van der Waals surface area contributed by atoms with Gasteiger partial charge in [-0.15, -0.1) is 0 Å². The first-order chi connectivity index (χ1) is 7.83. The van der Waals surface area contributed by atoms with E-state index in [-0.39, 0.29) is 0 Å². The summed E-state index contributed by atoms with van der Waals surface area (Å²) in [5, 5.41) is 0. The van der Waals surface area contributed by atoms with E-state index in [0.29, 0.717) is 5.92 Å². The Morgan fingerprint density at radius 1 is 1.19 bits per heavy atom. The van der Waals surface area contributed by atoms with Gasteiger partial charge in [-0.1, -0.05) is 67.2 Å². The first kappa shape index (κ1) is 12.8. The Hall–Kier alpha value is -1.30. The monoisotopic (exact) mass is 214 g/mol. The lowest BCUT2D eigenvalue weighted by molar-refractivity contribution is 0.719. The minimum atomic E-state index is 0.592. The lowest BCUT2D eigenvalue weighted by Gasteiger charge is -2.05. The van der Waals surface area contributed by atoms with Crippen molar-refractivity contribution in [2.75, 3.05) is 0 Å². The molecule has 86 valence electrons. The molecule has 0 spiro atoms. The molecule has 1 aliphatic rings. The predicted octanol–water partition coefficient (Wildman–Crippen LogP) is 4.98. The maximum atomic E-state index is 2.34. The highest BCUT2D eigenvalue weighted by atomic mass is 14.1. The van der Waals surface area contributed by atoms with Crippen LogP contribution in [0.1, 0.15) is 33.1 Å². The molecule has 0 amide bonds. The molecule has 1 unspecified atom stereocenters. The van der Waals surface area contributed by atoms with Crippen molar-refractivity contribution in [2.45, 2.75) is 33.1 Å². The molecule has 0 saturated heterocycles. The van der Waals surface area contributed by atoms with Crippen LogP contribution in [0.15, 0.2) is 60.3 Å². The fraction of sp³-hybridized carbons (Fsp3) is 0.375. The number of hydrogen-bond acceptors (Lipinski definition) is 0. The molecule has 0 N–H and O–H groups in total. The molecule has 0 heterocycles. The van der Waals surface area contributed by atoms with Crippen molar-refractivity contribution in [3.8, 4) is 0 Å². The lowest BCUT2D eigenvalue weighted by atomic mass is 10.0. The third-order valence-corrected chi connectivity index (χ3v) is 2.59. The van der Waals surface area contributed by atoms with Crippen LogP contribution >= 0.6 is 0 Å². The molecule has 0 aliphatic heterocycles. The quantitative estimate of drug-likeness (QED) is 0.566. The summed E-state index contributed by atoms with van der Waals surface area (Å²) in [7, 11) is 0. The molecule has 1 aliphatic carbocycles. The molecule has 0 radical (unpaired) electrons. The predicted molar refractivity (Wildman–Crippen MR) is 73.3 cm³/mol. The molecule has 1 rings (SSSR count). The van der Waals surface area contributed by atoms with E-state index in [1.165, 1.54) is 12.0 Å². The second-order valence-electron chi connectivity index (χ2n) is 4.16. The minimum Gasteiger partial charge on any atom is -0.0848 e. The maximum Gasteiger partial charge on any atom is -0.00417 e. The summed E-state index contributed by atoms with van der Waals surface area (Å²) >= 11 is 0. The van der Waals surface area contributed by atoms with Gasteiger partial charge >= 0.3 is 0 Å². The molecular formula is C16H22. The Labute approximate surface area is 99.8 Å². The van der Waals surface area contributed by atoms with E-state index in [0.717, 1.165) is 12.8 Å². The smallest absolute Gasteiger partial charge is 0.00417 e. The van der Waals surface area contributed by atoms with E-state index >= 15 is 0 Å². The zero-order valence-corrected chi connectivity index (χ0v) is 10.4. The summed E-state index contributed by atoms with van der Waals surface area (Å²) in [6, 6.07) is 0. The molecular weight excluding hydrogens is 192 g/mol. The van der Waals surface area contributed by atoms with Gasteiger partial charge in [0.2, 0.25) is 0 Å². The Kier molecular flexibility index (Phi) is 6.32. The van der Waals surface area contributed by atoms with E-state index in [1.54, 1.807) is 0 Å². The Morgan fingerprint density at radius 3 is 2.81 bits per heavy atom. The normalized spacial score (nSPS) is 20.6. The summed E-state index contributed by atoms with van der Waals surface area (Å²) < 4.78 is 0. The minimum absolute atomic E-state index is 0.592. The Bertz CT molecular complexity index is 324. The van der Waals surface area contributed by atoms with Gasteiger partial charge in [-0.25, -0.2) is 0 Å². The van der Waals surface area contributed by atoms with Gasteiger partial charge in [0.15, 0.2) is 0 Å². The van der Waals surface area contributed by atoms with Crippen LogP contribution in [0.5, 0.6) is 0 Å². The number of rotatable bonds is 5. The standard InChI is InChI=1S/C16H22/c1-3-4-5-6-7-8-12-16-13-10-9-11-15(2)14-16/h4-7,9-11,13-14,16H,3,8,12H2,1-2H3/b5-4-,7-6-. The third-order valence-electron chi connectivity index (χ3n) is 2.59. The first-order valence-corrected chi connectivity index (χ1v) is 6.18. The third kappa shape index (κ3) is 5.55.